The van der Waals surface area contributed by atoms with E-state index in [1.165, 1.54) is 39.1 Å². The number of fused-ring (bicyclic) bond motifs is 6. The zero-order chi connectivity index (χ0) is 12.4. The zero-order valence-corrected chi connectivity index (χ0v) is 10.6. The van der Waals surface area contributed by atoms with E-state index in [9.17, 15) is 0 Å². The minimum Gasteiger partial charge on any atom is -0.364 e. The topological polar surface area (TPSA) is 12.5 Å². The van der Waals surface area contributed by atoms with E-state index in [4.69, 9.17) is 4.74 Å². The monoisotopic (exact) mass is 246 g/mol. The Labute approximate surface area is 111 Å². The number of rotatable bonds is 0. The summed E-state index contributed by atoms with van der Waals surface area (Å²) in [6.45, 7) is 0. The first-order valence-corrected chi connectivity index (χ1v) is 7.00. The van der Waals surface area contributed by atoms with E-state index in [0.717, 1.165) is 6.42 Å². The molecule has 0 amide bonds. The van der Waals surface area contributed by atoms with E-state index in [1.807, 2.05) is 0 Å². The fourth-order valence-corrected chi connectivity index (χ4v) is 3.56. The van der Waals surface area contributed by atoms with E-state index in [2.05, 4.69) is 48.5 Å². The number of epoxide rings is 1. The van der Waals surface area contributed by atoms with Crippen LogP contribution in [0.15, 0.2) is 48.5 Å². The lowest BCUT2D eigenvalue weighted by molar-refractivity contribution is 0.373. The highest BCUT2D eigenvalue weighted by atomic mass is 16.6. The van der Waals surface area contributed by atoms with Crippen LogP contribution < -0.4 is 0 Å². The van der Waals surface area contributed by atoms with E-state index in [0.29, 0.717) is 12.2 Å². The first kappa shape index (κ1) is 9.99. The molecule has 1 aliphatic heterocycles. The Bertz CT molecular complexity index is 818. The van der Waals surface area contributed by atoms with Gasteiger partial charge in [0.1, 0.15) is 6.10 Å². The van der Waals surface area contributed by atoms with Gasteiger partial charge in [0.15, 0.2) is 0 Å². The Morgan fingerprint density at radius 3 is 2.63 bits per heavy atom. The fraction of sp³-hybridized carbons (Fsp3) is 0.222. The normalized spacial score (nSPS) is 24.2. The average molecular weight is 246 g/mol. The molecular weight excluding hydrogens is 232 g/mol. The molecule has 1 heteroatoms. The molecule has 0 N–H and O–H groups in total. The Hall–Kier alpha value is -1.86. The minimum absolute atomic E-state index is 0.389. The van der Waals surface area contributed by atoms with Crippen molar-refractivity contribution in [2.45, 2.75) is 25.0 Å². The van der Waals surface area contributed by atoms with Gasteiger partial charge in [0.25, 0.3) is 0 Å². The molecule has 2 atom stereocenters. The molecule has 5 rings (SSSR count). The Kier molecular flexibility index (Phi) is 1.77. The molecular formula is C18H14O. The summed E-state index contributed by atoms with van der Waals surface area (Å²) in [5, 5.41) is 5.44. The Morgan fingerprint density at radius 1 is 0.895 bits per heavy atom. The highest BCUT2D eigenvalue weighted by Gasteiger charge is 2.44. The highest BCUT2D eigenvalue weighted by molar-refractivity contribution is 6.00. The van der Waals surface area contributed by atoms with Crippen LogP contribution in [0.25, 0.3) is 21.5 Å². The summed E-state index contributed by atoms with van der Waals surface area (Å²) in [4.78, 5) is 0. The lowest BCUT2D eigenvalue weighted by Crippen LogP contribution is -2.04. The van der Waals surface area contributed by atoms with Crippen molar-refractivity contribution in [3.05, 3.63) is 59.7 Å². The Morgan fingerprint density at radius 2 is 1.74 bits per heavy atom. The lowest BCUT2D eigenvalue weighted by atomic mass is 9.87. The molecule has 0 bridgehead atoms. The smallest absolute Gasteiger partial charge is 0.109 e. The number of hydrogen-bond acceptors (Lipinski definition) is 1. The molecule has 1 nitrogen and oxygen atoms in total. The quantitative estimate of drug-likeness (QED) is 0.423. The third-order valence-electron chi connectivity index (χ3n) is 4.60. The van der Waals surface area contributed by atoms with Crippen LogP contribution in [0.1, 0.15) is 23.7 Å². The minimum atomic E-state index is 0.389. The van der Waals surface area contributed by atoms with Crippen molar-refractivity contribution < 1.29 is 4.74 Å². The van der Waals surface area contributed by atoms with Crippen molar-refractivity contribution in [2.75, 3.05) is 0 Å². The van der Waals surface area contributed by atoms with Gasteiger partial charge in [-0.1, -0.05) is 36.4 Å². The third kappa shape index (κ3) is 1.34. The van der Waals surface area contributed by atoms with Crippen LogP contribution in [0.4, 0.5) is 0 Å². The van der Waals surface area contributed by atoms with Gasteiger partial charge in [-0.15, -0.1) is 0 Å². The summed E-state index contributed by atoms with van der Waals surface area (Å²) >= 11 is 0. The second-order valence-electron chi connectivity index (χ2n) is 5.69. The van der Waals surface area contributed by atoms with E-state index >= 15 is 0 Å². The van der Waals surface area contributed by atoms with E-state index in [1.54, 1.807) is 0 Å². The SMILES string of the molecule is c1ccc2cc3c4c(ccc3cc2c1)[C@@H]1OC1CC4. The summed E-state index contributed by atoms with van der Waals surface area (Å²) in [6.07, 6.45) is 3.24. The maximum atomic E-state index is 5.74. The second-order valence-corrected chi connectivity index (χ2v) is 5.69. The molecule has 1 aliphatic carbocycles. The van der Waals surface area contributed by atoms with Crippen molar-refractivity contribution in [2.24, 2.45) is 0 Å². The third-order valence-corrected chi connectivity index (χ3v) is 4.60. The van der Waals surface area contributed by atoms with Crippen molar-refractivity contribution >= 4 is 21.5 Å². The largest absolute Gasteiger partial charge is 0.364 e. The molecule has 0 spiro atoms. The average Bonchev–Trinajstić information content (AvgIpc) is 3.24. The van der Waals surface area contributed by atoms with Crippen LogP contribution >= 0.6 is 0 Å². The number of benzene rings is 3. The van der Waals surface area contributed by atoms with Gasteiger partial charge in [0.05, 0.1) is 6.10 Å². The number of hydrogen-bond donors (Lipinski definition) is 0. The molecule has 1 fully saturated rings. The summed E-state index contributed by atoms with van der Waals surface area (Å²) in [5.74, 6) is 0. The van der Waals surface area contributed by atoms with Gasteiger partial charge >= 0.3 is 0 Å². The molecule has 3 aromatic rings. The van der Waals surface area contributed by atoms with Crippen LogP contribution in [-0.4, -0.2) is 6.10 Å². The van der Waals surface area contributed by atoms with Gasteiger partial charge in [0, 0.05) is 0 Å². The van der Waals surface area contributed by atoms with Crippen LogP contribution in [0.2, 0.25) is 0 Å². The highest BCUT2D eigenvalue weighted by Crippen LogP contribution is 2.48. The zero-order valence-electron chi connectivity index (χ0n) is 10.6. The standard InChI is InChI=1S/C18H14O/c1-2-4-12-10-16-13(9-11(12)3-1)5-6-15-14(16)7-8-17-18(15)19-17/h1-6,9-10,17-18H,7-8H2/t17?,18-/m0/s1. The number of ether oxygens (including phenoxy) is 1. The molecule has 0 radical (unpaired) electrons. The molecule has 1 heterocycles. The van der Waals surface area contributed by atoms with Crippen molar-refractivity contribution in [3.8, 4) is 0 Å². The Balaban J connectivity index is 1.89. The lowest BCUT2D eigenvalue weighted by Gasteiger charge is -2.15. The van der Waals surface area contributed by atoms with Gasteiger partial charge in [-0.2, -0.15) is 0 Å². The van der Waals surface area contributed by atoms with Gasteiger partial charge in [0.2, 0.25) is 0 Å². The van der Waals surface area contributed by atoms with Gasteiger partial charge in [-0.3, -0.25) is 0 Å². The molecule has 92 valence electrons. The van der Waals surface area contributed by atoms with Crippen molar-refractivity contribution in [1.82, 2.24) is 0 Å². The van der Waals surface area contributed by atoms with E-state index < -0.39 is 0 Å². The molecule has 1 saturated heterocycles. The van der Waals surface area contributed by atoms with Gasteiger partial charge in [-0.05, 0) is 57.6 Å². The molecule has 0 aromatic heterocycles. The maximum absolute atomic E-state index is 5.74. The summed E-state index contributed by atoms with van der Waals surface area (Å²) in [6, 6.07) is 17.8. The van der Waals surface area contributed by atoms with Crippen LogP contribution in [0, 0.1) is 0 Å². The molecule has 19 heavy (non-hydrogen) atoms. The first-order chi connectivity index (χ1) is 9.40. The molecule has 3 aromatic carbocycles. The number of aryl methyl sites for hydroxylation is 1. The summed E-state index contributed by atoms with van der Waals surface area (Å²) in [7, 11) is 0. The second kappa shape index (κ2) is 3.37. The predicted molar refractivity (Wildman–Crippen MR) is 77.4 cm³/mol. The maximum Gasteiger partial charge on any atom is 0.109 e. The fourth-order valence-electron chi connectivity index (χ4n) is 3.56. The molecule has 2 aliphatic rings. The first-order valence-electron chi connectivity index (χ1n) is 7.00. The van der Waals surface area contributed by atoms with Crippen molar-refractivity contribution in [3.63, 3.8) is 0 Å². The van der Waals surface area contributed by atoms with Crippen LogP contribution in [0.3, 0.4) is 0 Å². The van der Waals surface area contributed by atoms with Crippen molar-refractivity contribution in [1.29, 1.82) is 0 Å². The molecule has 1 unspecified atom stereocenters. The van der Waals surface area contributed by atoms with E-state index in [-0.39, 0.29) is 0 Å². The summed E-state index contributed by atoms with van der Waals surface area (Å²) in [5.41, 5.74) is 2.95. The van der Waals surface area contributed by atoms with Gasteiger partial charge < -0.3 is 4.74 Å². The van der Waals surface area contributed by atoms with Gasteiger partial charge in [-0.25, -0.2) is 0 Å². The predicted octanol–water partition coefficient (Wildman–Crippen LogP) is 4.38. The summed E-state index contributed by atoms with van der Waals surface area (Å²) < 4.78 is 5.74. The van der Waals surface area contributed by atoms with Crippen LogP contribution in [-0.2, 0) is 11.2 Å². The van der Waals surface area contributed by atoms with Crippen LogP contribution in [0.5, 0.6) is 0 Å². The molecule has 0 saturated carbocycles.